The van der Waals surface area contributed by atoms with Gasteiger partial charge in [0, 0.05) is 40.4 Å². The Kier molecular flexibility index (Phi) is 7.83. The maximum absolute atomic E-state index is 13.1. The van der Waals surface area contributed by atoms with Crippen LogP contribution in [0, 0.1) is 15.9 Å². The number of ether oxygens (including phenoxy) is 1. The molecule has 0 saturated heterocycles. The second kappa shape index (κ2) is 11.8. The molecule has 0 spiro atoms. The van der Waals surface area contributed by atoms with Gasteiger partial charge in [0.25, 0.3) is 11.6 Å². The molecule has 0 atom stereocenters. The van der Waals surface area contributed by atoms with Gasteiger partial charge in [0.15, 0.2) is 11.0 Å². The third-order valence-electron chi connectivity index (χ3n) is 5.99. The Bertz CT molecular complexity index is 1640. The van der Waals surface area contributed by atoms with Crippen molar-refractivity contribution in [2.24, 2.45) is 0 Å². The van der Waals surface area contributed by atoms with Gasteiger partial charge in [-0.15, -0.1) is 10.2 Å². The Balaban J connectivity index is 1.36. The Morgan fingerprint density at radius 3 is 2.25 bits per heavy atom. The lowest BCUT2D eigenvalue weighted by molar-refractivity contribution is -0.384. The number of nitro groups is 1. The van der Waals surface area contributed by atoms with E-state index in [9.17, 15) is 19.3 Å². The standard InChI is InChI=1S/C29H22FN5O4S/c1-39-26-16-14-24(15-17-26)34-27(20-6-12-25(13-7-20)35(37)38)32-33-29(34)40-18-19-2-4-21(5-3-19)28(36)31-23-10-8-22(30)9-11-23/h2-17H,18H2,1H3,(H,31,36). The highest BCUT2D eigenvalue weighted by molar-refractivity contribution is 7.98. The van der Waals surface area contributed by atoms with Gasteiger partial charge in [0.2, 0.25) is 0 Å². The number of nitrogens with zero attached hydrogens (tertiary/aromatic N) is 4. The Hall–Kier alpha value is -5.03. The van der Waals surface area contributed by atoms with Crippen molar-refractivity contribution in [3.05, 3.63) is 124 Å². The summed E-state index contributed by atoms with van der Waals surface area (Å²) in [6, 6.07) is 26.3. The molecule has 1 N–H and O–H groups in total. The molecule has 0 aliphatic heterocycles. The molecule has 0 fully saturated rings. The van der Waals surface area contributed by atoms with Crippen molar-refractivity contribution in [3.63, 3.8) is 0 Å². The number of carbonyl (C=O) groups excluding carboxylic acids is 1. The zero-order valence-corrected chi connectivity index (χ0v) is 22.0. The minimum Gasteiger partial charge on any atom is -0.497 e. The maximum Gasteiger partial charge on any atom is 0.269 e. The number of rotatable bonds is 9. The number of hydrogen-bond donors (Lipinski definition) is 1. The highest BCUT2D eigenvalue weighted by Gasteiger charge is 2.18. The van der Waals surface area contributed by atoms with E-state index in [1.165, 1.54) is 48.2 Å². The number of nitro benzene ring substituents is 1. The molecule has 1 aromatic heterocycles. The minimum atomic E-state index is -0.447. The quantitative estimate of drug-likeness (QED) is 0.125. The number of carbonyl (C=O) groups is 1. The summed E-state index contributed by atoms with van der Waals surface area (Å²) in [5.41, 5.74) is 3.41. The lowest BCUT2D eigenvalue weighted by Crippen LogP contribution is -2.11. The molecular weight excluding hydrogens is 533 g/mol. The zero-order chi connectivity index (χ0) is 28.1. The lowest BCUT2D eigenvalue weighted by atomic mass is 10.1. The number of amides is 1. The Labute approximate surface area is 232 Å². The van der Waals surface area contributed by atoms with E-state index in [2.05, 4.69) is 15.5 Å². The smallest absolute Gasteiger partial charge is 0.269 e. The van der Waals surface area contributed by atoms with Crippen molar-refractivity contribution in [3.8, 4) is 22.8 Å². The van der Waals surface area contributed by atoms with E-state index >= 15 is 0 Å². The molecule has 5 rings (SSSR count). The molecule has 0 aliphatic rings. The molecule has 40 heavy (non-hydrogen) atoms. The number of methoxy groups -OCH3 is 1. The molecule has 0 unspecified atom stereocenters. The minimum absolute atomic E-state index is 0.0105. The fourth-order valence-corrected chi connectivity index (χ4v) is 4.79. The molecular formula is C29H22FN5O4S. The topological polar surface area (TPSA) is 112 Å². The number of halogens is 1. The second-order valence-corrected chi connectivity index (χ2v) is 9.53. The molecule has 9 nitrogen and oxygen atoms in total. The average molecular weight is 556 g/mol. The number of hydrogen-bond acceptors (Lipinski definition) is 7. The molecule has 0 saturated carbocycles. The highest BCUT2D eigenvalue weighted by atomic mass is 32.2. The molecule has 11 heteroatoms. The van der Waals surface area contributed by atoms with Crippen molar-refractivity contribution in [1.29, 1.82) is 0 Å². The normalized spacial score (nSPS) is 10.8. The van der Waals surface area contributed by atoms with Crippen LogP contribution in [0.1, 0.15) is 15.9 Å². The number of nitrogens with one attached hydrogen (secondary N) is 1. The fourth-order valence-electron chi connectivity index (χ4n) is 3.88. The van der Waals surface area contributed by atoms with Crippen LogP contribution in [0.4, 0.5) is 15.8 Å². The van der Waals surface area contributed by atoms with Crippen LogP contribution < -0.4 is 10.1 Å². The number of thioether (sulfide) groups is 1. The number of benzene rings is 4. The predicted octanol–water partition coefficient (Wildman–Crippen LogP) is 6.53. The molecule has 0 bridgehead atoms. The van der Waals surface area contributed by atoms with Crippen molar-refractivity contribution >= 4 is 29.0 Å². The molecule has 0 radical (unpaired) electrons. The first-order valence-corrected chi connectivity index (χ1v) is 13.0. The molecule has 1 heterocycles. The zero-order valence-electron chi connectivity index (χ0n) is 21.2. The summed E-state index contributed by atoms with van der Waals surface area (Å²) in [6.45, 7) is 0. The molecule has 1 amide bonds. The van der Waals surface area contributed by atoms with Crippen LogP contribution >= 0.6 is 11.8 Å². The maximum atomic E-state index is 13.1. The van der Waals surface area contributed by atoms with E-state index in [0.29, 0.717) is 39.3 Å². The second-order valence-electron chi connectivity index (χ2n) is 8.59. The van der Waals surface area contributed by atoms with E-state index in [4.69, 9.17) is 4.74 Å². The van der Waals surface area contributed by atoms with Gasteiger partial charge in [-0.1, -0.05) is 23.9 Å². The van der Waals surface area contributed by atoms with Crippen LogP contribution in [-0.4, -0.2) is 32.7 Å². The van der Waals surface area contributed by atoms with Crippen molar-refractivity contribution < 1.29 is 18.8 Å². The summed E-state index contributed by atoms with van der Waals surface area (Å²) in [4.78, 5) is 23.2. The van der Waals surface area contributed by atoms with Crippen molar-refractivity contribution in [2.45, 2.75) is 10.9 Å². The van der Waals surface area contributed by atoms with Crippen molar-refractivity contribution in [2.75, 3.05) is 12.4 Å². The van der Waals surface area contributed by atoms with E-state index in [-0.39, 0.29) is 17.4 Å². The molecule has 200 valence electrons. The molecule has 5 aromatic rings. The van der Waals surface area contributed by atoms with Crippen LogP contribution in [0.2, 0.25) is 0 Å². The number of aromatic nitrogens is 3. The first-order chi connectivity index (χ1) is 19.4. The summed E-state index contributed by atoms with van der Waals surface area (Å²) in [7, 11) is 1.59. The van der Waals surface area contributed by atoms with Gasteiger partial charge in [-0.2, -0.15) is 0 Å². The first kappa shape index (κ1) is 26.6. The third kappa shape index (κ3) is 6.00. The van der Waals surface area contributed by atoms with Gasteiger partial charge >= 0.3 is 0 Å². The van der Waals surface area contributed by atoms with Gasteiger partial charge in [-0.05, 0) is 78.4 Å². The summed E-state index contributed by atoms with van der Waals surface area (Å²) in [6.07, 6.45) is 0. The summed E-state index contributed by atoms with van der Waals surface area (Å²) < 4.78 is 20.3. The Morgan fingerprint density at radius 2 is 1.62 bits per heavy atom. The van der Waals surface area contributed by atoms with Crippen LogP contribution in [0.25, 0.3) is 17.1 Å². The van der Waals surface area contributed by atoms with Crippen LogP contribution in [0.5, 0.6) is 5.75 Å². The Morgan fingerprint density at radius 1 is 0.950 bits per heavy atom. The first-order valence-electron chi connectivity index (χ1n) is 12.0. The van der Waals surface area contributed by atoms with Crippen LogP contribution in [0.3, 0.4) is 0 Å². The highest BCUT2D eigenvalue weighted by Crippen LogP contribution is 2.31. The van der Waals surface area contributed by atoms with Crippen LogP contribution in [0.15, 0.2) is 102 Å². The van der Waals surface area contributed by atoms with Gasteiger partial charge in [-0.25, -0.2) is 4.39 Å². The largest absolute Gasteiger partial charge is 0.497 e. The number of anilines is 1. The van der Waals surface area contributed by atoms with Gasteiger partial charge in [0.05, 0.1) is 12.0 Å². The monoisotopic (exact) mass is 555 g/mol. The third-order valence-corrected chi connectivity index (χ3v) is 6.99. The van der Waals surface area contributed by atoms with Gasteiger partial charge in [0.1, 0.15) is 11.6 Å². The van der Waals surface area contributed by atoms with Gasteiger partial charge in [-0.3, -0.25) is 19.5 Å². The average Bonchev–Trinajstić information content (AvgIpc) is 3.41. The summed E-state index contributed by atoms with van der Waals surface area (Å²) in [5.74, 6) is 1.12. The SMILES string of the molecule is COc1ccc(-n2c(SCc3ccc(C(=O)Nc4ccc(F)cc4)cc3)nnc2-c2ccc([N+](=O)[O-])cc2)cc1. The van der Waals surface area contributed by atoms with Crippen molar-refractivity contribution in [1.82, 2.24) is 14.8 Å². The number of non-ortho nitro benzene ring substituents is 1. The van der Waals surface area contributed by atoms with E-state index in [1.54, 1.807) is 31.4 Å². The van der Waals surface area contributed by atoms with Crippen LogP contribution in [-0.2, 0) is 5.75 Å². The van der Waals surface area contributed by atoms with E-state index in [0.717, 1.165) is 11.3 Å². The lowest BCUT2D eigenvalue weighted by Gasteiger charge is -2.11. The molecule has 4 aromatic carbocycles. The van der Waals surface area contributed by atoms with E-state index in [1.807, 2.05) is 41.0 Å². The fraction of sp³-hybridized carbons (Fsp3) is 0.0690. The summed E-state index contributed by atoms with van der Waals surface area (Å²) in [5, 5.41) is 23.3. The van der Waals surface area contributed by atoms with E-state index < -0.39 is 4.92 Å². The summed E-state index contributed by atoms with van der Waals surface area (Å²) >= 11 is 1.46. The predicted molar refractivity (Wildman–Crippen MR) is 150 cm³/mol. The molecule has 0 aliphatic carbocycles. The van der Waals surface area contributed by atoms with Gasteiger partial charge < -0.3 is 10.1 Å².